The highest BCUT2D eigenvalue weighted by atomic mass is 16.2. The second kappa shape index (κ2) is 7.05. The van der Waals surface area contributed by atoms with Gasteiger partial charge < -0.3 is 9.80 Å². The molecule has 2 fully saturated rings. The van der Waals surface area contributed by atoms with Crippen molar-refractivity contribution in [1.29, 1.82) is 0 Å². The molecule has 152 valence electrons. The SMILES string of the molecule is Cc1ccc(C(=O)N2CC3CC2CN3c2nc(-c3ccncn3)cc(=O)n2C)cc1. The number of likely N-dealkylation sites (tertiary alicyclic amines) is 1. The van der Waals surface area contributed by atoms with Gasteiger partial charge in [0, 0.05) is 38.0 Å². The third-order valence-corrected chi connectivity index (χ3v) is 6.01. The van der Waals surface area contributed by atoms with E-state index in [1.165, 1.54) is 12.4 Å². The lowest BCUT2D eigenvalue weighted by Gasteiger charge is -2.35. The monoisotopic (exact) mass is 402 g/mol. The van der Waals surface area contributed by atoms with Gasteiger partial charge in [0.25, 0.3) is 11.5 Å². The first-order valence-corrected chi connectivity index (χ1v) is 10.00. The molecule has 2 bridgehead atoms. The van der Waals surface area contributed by atoms with Gasteiger partial charge in [-0.3, -0.25) is 14.2 Å². The molecule has 8 nitrogen and oxygen atoms in total. The van der Waals surface area contributed by atoms with Crippen LogP contribution in [-0.2, 0) is 7.05 Å². The number of piperazine rings is 1. The van der Waals surface area contributed by atoms with Crippen molar-refractivity contribution in [3.8, 4) is 11.4 Å². The average molecular weight is 402 g/mol. The van der Waals surface area contributed by atoms with Crippen molar-refractivity contribution in [3.63, 3.8) is 0 Å². The third-order valence-electron chi connectivity index (χ3n) is 6.01. The van der Waals surface area contributed by atoms with Gasteiger partial charge in [0.2, 0.25) is 5.95 Å². The van der Waals surface area contributed by atoms with Crippen molar-refractivity contribution < 1.29 is 4.79 Å². The van der Waals surface area contributed by atoms with E-state index in [9.17, 15) is 9.59 Å². The quantitative estimate of drug-likeness (QED) is 0.662. The summed E-state index contributed by atoms with van der Waals surface area (Å²) in [5.41, 5.74) is 2.87. The fourth-order valence-electron chi connectivity index (χ4n) is 4.38. The summed E-state index contributed by atoms with van der Waals surface area (Å²) >= 11 is 0. The van der Waals surface area contributed by atoms with Crippen molar-refractivity contribution in [3.05, 3.63) is 70.4 Å². The number of fused-ring (bicyclic) bond motifs is 2. The molecule has 1 aromatic carbocycles. The van der Waals surface area contributed by atoms with Gasteiger partial charge in [-0.2, -0.15) is 0 Å². The number of benzene rings is 1. The number of amides is 1. The molecule has 5 rings (SSSR count). The van der Waals surface area contributed by atoms with Crippen LogP contribution in [0.15, 0.2) is 53.7 Å². The number of hydrogen-bond donors (Lipinski definition) is 0. The molecular weight excluding hydrogens is 380 g/mol. The molecule has 2 aliphatic heterocycles. The van der Waals surface area contributed by atoms with Crippen LogP contribution in [0, 0.1) is 6.92 Å². The number of rotatable bonds is 3. The fourth-order valence-corrected chi connectivity index (χ4v) is 4.38. The zero-order valence-electron chi connectivity index (χ0n) is 16.9. The number of hydrogen-bond acceptors (Lipinski definition) is 6. The molecule has 30 heavy (non-hydrogen) atoms. The average Bonchev–Trinajstić information content (AvgIpc) is 3.37. The van der Waals surface area contributed by atoms with Crippen LogP contribution < -0.4 is 10.5 Å². The Morgan fingerprint density at radius 3 is 2.53 bits per heavy atom. The van der Waals surface area contributed by atoms with Gasteiger partial charge in [-0.05, 0) is 31.5 Å². The predicted octanol–water partition coefficient (Wildman–Crippen LogP) is 1.65. The Kier molecular flexibility index (Phi) is 4.34. The Balaban J connectivity index is 1.41. The van der Waals surface area contributed by atoms with E-state index in [4.69, 9.17) is 4.98 Å². The maximum Gasteiger partial charge on any atom is 0.255 e. The summed E-state index contributed by atoms with van der Waals surface area (Å²) in [6.45, 7) is 3.30. The Labute approximate surface area is 173 Å². The van der Waals surface area contributed by atoms with Crippen LogP contribution in [0.2, 0.25) is 0 Å². The molecule has 0 aliphatic carbocycles. The van der Waals surface area contributed by atoms with E-state index in [1.54, 1.807) is 23.9 Å². The van der Waals surface area contributed by atoms with Gasteiger partial charge in [-0.15, -0.1) is 0 Å². The van der Waals surface area contributed by atoms with Gasteiger partial charge in [-0.1, -0.05) is 17.7 Å². The summed E-state index contributed by atoms with van der Waals surface area (Å²) in [6, 6.07) is 11.2. The number of carbonyl (C=O) groups is 1. The molecule has 2 atom stereocenters. The highest BCUT2D eigenvalue weighted by Gasteiger charge is 2.46. The van der Waals surface area contributed by atoms with Crippen LogP contribution in [-0.4, -0.2) is 55.5 Å². The molecule has 2 aromatic heterocycles. The van der Waals surface area contributed by atoms with Crippen molar-refractivity contribution in [1.82, 2.24) is 24.4 Å². The summed E-state index contributed by atoms with van der Waals surface area (Å²) in [5, 5.41) is 0. The highest BCUT2D eigenvalue weighted by molar-refractivity contribution is 5.95. The highest BCUT2D eigenvalue weighted by Crippen LogP contribution is 2.34. The molecule has 2 aliphatic rings. The first-order valence-electron chi connectivity index (χ1n) is 10.00. The van der Waals surface area contributed by atoms with E-state index in [0.29, 0.717) is 30.4 Å². The first-order chi connectivity index (χ1) is 14.5. The largest absolute Gasteiger partial charge is 0.335 e. The van der Waals surface area contributed by atoms with Crippen molar-refractivity contribution in [2.24, 2.45) is 7.05 Å². The van der Waals surface area contributed by atoms with E-state index in [-0.39, 0.29) is 23.6 Å². The molecule has 0 saturated carbocycles. The minimum atomic E-state index is -0.135. The van der Waals surface area contributed by atoms with E-state index in [1.807, 2.05) is 36.1 Å². The molecule has 0 spiro atoms. The lowest BCUT2D eigenvalue weighted by atomic mass is 10.1. The van der Waals surface area contributed by atoms with E-state index < -0.39 is 0 Å². The summed E-state index contributed by atoms with van der Waals surface area (Å²) in [4.78, 5) is 42.5. The van der Waals surface area contributed by atoms with Crippen LogP contribution in [0.3, 0.4) is 0 Å². The van der Waals surface area contributed by atoms with E-state index in [2.05, 4.69) is 14.9 Å². The normalized spacial score (nSPS) is 20.1. The number of anilines is 1. The maximum atomic E-state index is 13.0. The minimum Gasteiger partial charge on any atom is -0.335 e. The molecule has 3 aromatic rings. The first kappa shape index (κ1) is 18.5. The van der Waals surface area contributed by atoms with Crippen molar-refractivity contribution >= 4 is 11.9 Å². The number of aromatic nitrogens is 4. The second-order valence-electron chi connectivity index (χ2n) is 7.95. The lowest BCUT2D eigenvalue weighted by Crippen LogP contribution is -2.50. The van der Waals surface area contributed by atoms with Gasteiger partial charge in [0.15, 0.2) is 0 Å². The number of aryl methyl sites for hydroxylation is 1. The zero-order valence-corrected chi connectivity index (χ0v) is 16.9. The molecule has 2 saturated heterocycles. The Hall–Kier alpha value is -3.55. The molecule has 8 heteroatoms. The molecule has 0 N–H and O–H groups in total. The topological polar surface area (TPSA) is 84.2 Å². The van der Waals surface area contributed by atoms with Crippen molar-refractivity contribution in [2.75, 3.05) is 18.0 Å². The van der Waals surface area contributed by atoms with Crippen LogP contribution >= 0.6 is 0 Å². The minimum absolute atomic E-state index is 0.0683. The number of carbonyl (C=O) groups excluding carboxylic acids is 1. The van der Waals surface area contributed by atoms with Crippen LogP contribution in [0.5, 0.6) is 0 Å². The van der Waals surface area contributed by atoms with Crippen LogP contribution in [0.25, 0.3) is 11.4 Å². The van der Waals surface area contributed by atoms with Crippen molar-refractivity contribution in [2.45, 2.75) is 25.4 Å². The lowest BCUT2D eigenvalue weighted by molar-refractivity contribution is 0.0725. The summed E-state index contributed by atoms with van der Waals surface area (Å²) in [6.07, 6.45) is 3.96. The van der Waals surface area contributed by atoms with Gasteiger partial charge in [-0.25, -0.2) is 15.0 Å². The fraction of sp³-hybridized carbons (Fsp3) is 0.318. The smallest absolute Gasteiger partial charge is 0.255 e. The molecule has 0 radical (unpaired) electrons. The van der Waals surface area contributed by atoms with Gasteiger partial charge in [0.05, 0.1) is 23.5 Å². The van der Waals surface area contributed by atoms with Gasteiger partial charge in [0.1, 0.15) is 6.33 Å². The third kappa shape index (κ3) is 3.04. The van der Waals surface area contributed by atoms with Crippen LogP contribution in [0.4, 0.5) is 5.95 Å². The summed E-state index contributed by atoms with van der Waals surface area (Å²) in [7, 11) is 1.73. The van der Waals surface area contributed by atoms with Gasteiger partial charge >= 0.3 is 0 Å². The second-order valence-corrected chi connectivity index (χ2v) is 7.95. The Morgan fingerprint density at radius 2 is 1.87 bits per heavy atom. The summed E-state index contributed by atoms with van der Waals surface area (Å²) < 4.78 is 1.57. The molecule has 4 heterocycles. The molecular formula is C22H22N6O2. The standard InChI is InChI=1S/C22H22N6O2/c1-14-3-5-15(6-4-14)21(30)27-11-17-9-16(27)12-28(17)22-25-19(10-20(29)26(22)2)18-7-8-23-13-24-18/h3-8,10,13,16-17H,9,11-12H2,1-2H3. The predicted molar refractivity (Wildman–Crippen MR) is 112 cm³/mol. The summed E-state index contributed by atoms with van der Waals surface area (Å²) in [5.74, 6) is 0.685. The Bertz CT molecular complexity index is 1160. The Morgan fingerprint density at radius 1 is 1.07 bits per heavy atom. The van der Waals surface area contributed by atoms with E-state index >= 15 is 0 Å². The number of nitrogens with zero attached hydrogens (tertiary/aromatic N) is 6. The molecule has 1 amide bonds. The van der Waals surface area contributed by atoms with E-state index in [0.717, 1.165) is 17.5 Å². The zero-order chi connectivity index (χ0) is 20.8. The maximum absolute atomic E-state index is 13.0. The molecule has 2 unspecified atom stereocenters. The van der Waals surface area contributed by atoms with Crippen LogP contribution in [0.1, 0.15) is 22.3 Å².